The first-order chi connectivity index (χ1) is 8.81. The van der Waals surface area contributed by atoms with Crippen molar-refractivity contribution < 1.29 is 14.1 Å². The molecule has 2 rings (SSSR count). The van der Waals surface area contributed by atoms with E-state index in [1.807, 2.05) is 24.3 Å². The van der Waals surface area contributed by atoms with E-state index in [-0.39, 0.29) is 12.3 Å². The molecule has 0 radical (unpaired) electrons. The molecule has 0 atom stereocenters. The van der Waals surface area contributed by atoms with Crippen molar-refractivity contribution in [3.05, 3.63) is 30.0 Å². The van der Waals surface area contributed by atoms with E-state index in [4.69, 9.17) is 9.26 Å². The summed E-state index contributed by atoms with van der Waals surface area (Å²) in [7, 11) is 1.64. The van der Waals surface area contributed by atoms with Crippen molar-refractivity contribution in [2.24, 2.45) is 0 Å². The SMILES string of the molecule is COCCCNC(=O)Cc1noc2ccccc12. The van der Waals surface area contributed by atoms with Crippen LogP contribution < -0.4 is 5.32 Å². The molecular weight excluding hydrogens is 232 g/mol. The van der Waals surface area contributed by atoms with Crippen LogP contribution in [-0.4, -0.2) is 31.3 Å². The Balaban J connectivity index is 1.91. The molecule has 18 heavy (non-hydrogen) atoms. The van der Waals surface area contributed by atoms with E-state index < -0.39 is 0 Å². The number of hydrogen-bond donors (Lipinski definition) is 1. The zero-order valence-electron chi connectivity index (χ0n) is 10.3. The van der Waals surface area contributed by atoms with E-state index in [0.29, 0.717) is 24.4 Å². The van der Waals surface area contributed by atoms with Crippen LogP contribution in [0.5, 0.6) is 0 Å². The molecule has 1 heterocycles. The Morgan fingerprint density at radius 2 is 2.28 bits per heavy atom. The Kier molecular flexibility index (Phi) is 4.30. The quantitative estimate of drug-likeness (QED) is 0.787. The molecule has 0 aliphatic rings. The molecule has 1 N–H and O–H groups in total. The van der Waals surface area contributed by atoms with Crippen LogP contribution in [0, 0.1) is 0 Å². The van der Waals surface area contributed by atoms with Crippen LogP contribution in [0.2, 0.25) is 0 Å². The molecule has 0 spiro atoms. The maximum absolute atomic E-state index is 11.7. The van der Waals surface area contributed by atoms with Gasteiger partial charge in [0.2, 0.25) is 5.91 Å². The minimum Gasteiger partial charge on any atom is -0.385 e. The summed E-state index contributed by atoms with van der Waals surface area (Å²) in [5.41, 5.74) is 1.38. The largest absolute Gasteiger partial charge is 0.385 e. The molecule has 1 aromatic carbocycles. The highest BCUT2D eigenvalue weighted by molar-refractivity contribution is 5.86. The van der Waals surface area contributed by atoms with Gasteiger partial charge in [-0.3, -0.25) is 4.79 Å². The summed E-state index contributed by atoms with van der Waals surface area (Å²) in [5, 5.41) is 7.63. The van der Waals surface area contributed by atoms with E-state index in [1.54, 1.807) is 7.11 Å². The van der Waals surface area contributed by atoms with Gasteiger partial charge in [0.1, 0.15) is 5.69 Å². The van der Waals surface area contributed by atoms with Crippen molar-refractivity contribution >= 4 is 16.9 Å². The number of ether oxygens (including phenoxy) is 1. The second kappa shape index (κ2) is 6.16. The lowest BCUT2D eigenvalue weighted by Crippen LogP contribution is -2.26. The number of amides is 1. The number of carbonyl (C=O) groups is 1. The maximum Gasteiger partial charge on any atom is 0.226 e. The molecule has 0 fully saturated rings. The van der Waals surface area contributed by atoms with Crippen LogP contribution in [0.15, 0.2) is 28.8 Å². The van der Waals surface area contributed by atoms with Gasteiger partial charge in [0, 0.05) is 25.6 Å². The lowest BCUT2D eigenvalue weighted by molar-refractivity contribution is -0.120. The molecule has 5 nitrogen and oxygen atoms in total. The monoisotopic (exact) mass is 248 g/mol. The Labute approximate surface area is 105 Å². The first-order valence-corrected chi connectivity index (χ1v) is 5.90. The van der Waals surface area contributed by atoms with Gasteiger partial charge in [0.05, 0.1) is 6.42 Å². The van der Waals surface area contributed by atoms with Gasteiger partial charge in [-0.2, -0.15) is 0 Å². The van der Waals surface area contributed by atoms with Gasteiger partial charge in [-0.05, 0) is 18.6 Å². The summed E-state index contributed by atoms with van der Waals surface area (Å²) in [5.74, 6) is -0.0508. The average molecular weight is 248 g/mol. The first-order valence-electron chi connectivity index (χ1n) is 5.90. The zero-order chi connectivity index (χ0) is 12.8. The van der Waals surface area contributed by atoms with Crippen molar-refractivity contribution in [2.75, 3.05) is 20.3 Å². The number of para-hydroxylation sites is 1. The number of rotatable bonds is 6. The van der Waals surface area contributed by atoms with Gasteiger partial charge >= 0.3 is 0 Å². The molecule has 0 bridgehead atoms. The van der Waals surface area contributed by atoms with E-state index in [2.05, 4.69) is 10.5 Å². The van der Waals surface area contributed by atoms with E-state index in [0.717, 1.165) is 11.8 Å². The van der Waals surface area contributed by atoms with Crippen molar-refractivity contribution in [3.63, 3.8) is 0 Å². The number of aromatic nitrogens is 1. The van der Waals surface area contributed by atoms with Gasteiger partial charge in [0.25, 0.3) is 0 Å². The van der Waals surface area contributed by atoms with Crippen molar-refractivity contribution in [1.29, 1.82) is 0 Å². The molecule has 1 amide bonds. The lowest BCUT2D eigenvalue weighted by Gasteiger charge is -2.03. The lowest BCUT2D eigenvalue weighted by atomic mass is 10.1. The van der Waals surface area contributed by atoms with Gasteiger partial charge in [-0.15, -0.1) is 0 Å². The molecule has 0 aliphatic carbocycles. The molecule has 0 saturated carbocycles. The molecular formula is C13H16N2O3. The van der Waals surface area contributed by atoms with Crippen molar-refractivity contribution in [3.8, 4) is 0 Å². The third-order valence-corrected chi connectivity index (χ3v) is 2.63. The molecule has 0 saturated heterocycles. The van der Waals surface area contributed by atoms with E-state index in [1.165, 1.54) is 0 Å². The van der Waals surface area contributed by atoms with Crippen LogP contribution in [0.4, 0.5) is 0 Å². The van der Waals surface area contributed by atoms with E-state index >= 15 is 0 Å². The molecule has 5 heteroatoms. The topological polar surface area (TPSA) is 64.4 Å². The number of methoxy groups -OCH3 is 1. The molecule has 0 unspecified atom stereocenters. The van der Waals surface area contributed by atoms with Gasteiger partial charge < -0.3 is 14.6 Å². The van der Waals surface area contributed by atoms with Crippen LogP contribution in [0.1, 0.15) is 12.1 Å². The Hall–Kier alpha value is -1.88. The Bertz CT molecular complexity index is 522. The van der Waals surface area contributed by atoms with Crippen molar-refractivity contribution in [2.45, 2.75) is 12.8 Å². The Morgan fingerprint density at radius 1 is 1.44 bits per heavy atom. The number of benzene rings is 1. The van der Waals surface area contributed by atoms with Crippen LogP contribution >= 0.6 is 0 Å². The van der Waals surface area contributed by atoms with Crippen LogP contribution in [0.25, 0.3) is 11.0 Å². The van der Waals surface area contributed by atoms with Gasteiger partial charge in [0.15, 0.2) is 5.58 Å². The van der Waals surface area contributed by atoms with E-state index in [9.17, 15) is 4.79 Å². The molecule has 96 valence electrons. The summed E-state index contributed by atoms with van der Waals surface area (Å²) >= 11 is 0. The third kappa shape index (κ3) is 3.07. The normalized spacial score (nSPS) is 10.7. The van der Waals surface area contributed by atoms with Crippen molar-refractivity contribution in [1.82, 2.24) is 10.5 Å². The average Bonchev–Trinajstić information content (AvgIpc) is 2.78. The highest BCUT2D eigenvalue weighted by Gasteiger charge is 2.11. The van der Waals surface area contributed by atoms with Gasteiger partial charge in [-0.1, -0.05) is 17.3 Å². The molecule has 2 aromatic rings. The second-order valence-corrected chi connectivity index (χ2v) is 4.00. The fourth-order valence-electron chi connectivity index (χ4n) is 1.72. The summed E-state index contributed by atoms with van der Waals surface area (Å²) in [6, 6.07) is 7.52. The highest BCUT2D eigenvalue weighted by Crippen LogP contribution is 2.17. The molecule has 1 aromatic heterocycles. The summed E-state index contributed by atoms with van der Waals surface area (Å²) in [6.45, 7) is 1.26. The van der Waals surface area contributed by atoms with Gasteiger partial charge in [-0.25, -0.2) is 0 Å². The predicted molar refractivity (Wildman–Crippen MR) is 67.2 cm³/mol. The summed E-state index contributed by atoms with van der Waals surface area (Å²) < 4.78 is 10.1. The maximum atomic E-state index is 11.7. The summed E-state index contributed by atoms with van der Waals surface area (Å²) in [4.78, 5) is 11.7. The number of nitrogens with one attached hydrogen (secondary N) is 1. The number of fused-ring (bicyclic) bond motifs is 1. The Morgan fingerprint density at radius 3 is 3.11 bits per heavy atom. The molecule has 0 aliphatic heterocycles. The zero-order valence-corrected chi connectivity index (χ0v) is 10.3. The highest BCUT2D eigenvalue weighted by atomic mass is 16.5. The smallest absolute Gasteiger partial charge is 0.226 e. The number of hydrogen-bond acceptors (Lipinski definition) is 4. The fraction of sp³-hybridized carbons (Fsp3) is 0.385. The number of nitrogens with zero attached hydrogens (tertiary/aromatic N) is 1. The van der Waals surface area contributed by atoms with Crippen LogP contribution in [-0.2, 0) is 16.0 Å². The summed E-state index contributed by atoms with van der Waals surface area (Å²) in [6.07, 6.45) is 1.05. The first kappa shape index (κ1) is 12.6. The number of carbonyl (C=O) groups excluding carboxylic acids is 1. The fourth-order valence-corrected chi connectivity index (χ4v) is 1.72. The minimum atomic E-state index is -0.0508. The third-order valence-electron chi connectivity index (χ3n) is 2.63. The minimum absolute atomic E-state index is 0.0508. The second-order valence-electron chi connectivity index (χ2n) is 4.00. The standard InChI is InChI=1S/C13H16N2O3/c1-17-8-4-7-14-13(16)9-11-10-5-2-3-6-12(10)18-15-11/h2-3,5-6H,4,7-9H2,1H3,(H,14,16). The predicted octanol–water partition coefficient (Wildman–Crippen LogP) is 1.52. The van der Waals surface area contributed by atoms with Crippen LogP contribution in [0.3, 0.4) is 0 Å².